The fourth-order valence-electron chi connectivity index (χ4n) is 3.68. The van der Waals surface area contributed by atoms with Crippen molar-refractivity contribution in [2.75, 3.05) is 20.1 Å². The molecule has 2 aliphatic rings. The van der Waals surface area contributed by atoms with Crippen LogP contribution in [0.4, 0.5) is 0 Å². The Labute approximate surface area is 158 Å². The van der Waals surface area contributed by atoms with Crippen LogP contribution in [0.1, 0.15) is 31.7 Å². The summed E-state index contributed by atoms with van der Waals surface area (Å²) in [5.41, 5.74) is 0.965. The molecule has 1 aliphatic carbocycles. The van der Waals surface area contributed by atoms with Gasteiger partial charge in [0.1, 0.15) is 0 Å². The first-order valence-electron chi connectivity index (χ1n) is 8.85. The van der Waals surface area contributed by atoms with E-state index in [-0.39, 0.29) is 18.4 Å². The van der Waals surface area contributed by atoms with E-state index in [0.717, 1.165) is 31.0 Å². The molecule has 0 amide bonds. The summed E-state index contributed by atoms with van der Waals surface area (Å²) in [5.74, 6) is 0.812. The maximum atomic E-state index is 12.9. The van der Waals surface area contributed by atoms with E-state index >= 15 is 0 Å². The molecule has 1 heterocycles. The first-order valence-corrected chi connectivity index (χ1v) is 10.3. The first-order chi connectivity index (χ1) is 11.4. The van der Waals surface area contributed by atoms with Gasteiger partial charge in [0, 0.05) is 19.1 Å². The fraction of sp³-hybridized carbons (Fsp3) is 0.579. The molecule has 0 aromatic heterocycles. The second-order valence-electron chi connectivity index (χ2n) is 7.31. The highest BCUT2D eigenvalue weighted by molar-refractivity contribution is 7.89. The molecule has 4 nitrogen and oxygen atoms in total. The number of halogens is 1. The van der Waals surface area contributed by atoms with Crippen LogP contribution in [0.5, 0.6) is 0 Å². The Hall–Kier alpha value is -0.880. The first kappa shape index (κ1) is 20.4. The van der Waals surface area contributed by atoms with Crippen molar-refractivity contribution in [2.45, 2.75) is 50.1 Å². The summed E-state index contributed by atoms with van der Waals surface area (Å²) in [6, 6.07) is 7.47. The number of hydrogen-bond acceptors (Lipinski definition) is 3. The third-order valence-electron chi connectivity index (χ3n) is 5.46. The molecule has 25 heavy (non-hydrogen) atoms. The maximum Gasteiger partial charge on any atom is 0.243 e. The minimum absolute atomic E-state index is 0. The molecule has 3 rings (SSSR count). The van der Waals surface area contributed by atoms with Crippen LogP contribution in [0.25, 0.3) is 0 Å². The predicted octanol–water partition coefficient (Wildman–Crippen LogP) is 3.47. The van der Waals surface area contributed by atoms with Crippen molar-refractivity contribution in [3.63, 3.8) is 0 Å². The van der Waals surface area contributed by atoms with Crippen molar-refractivity contribution < 1.29 is 8.42 Å². The van der Waals surface area contributed by atoms with Crippen LogP contribution >= 0.6 is 12.4 Å². The van der Waals surface area contributed by atoms with E-state index in [1.165, 1.54) is 17.1 Å². The summed E-state index contributed by atoms with van der Waals surface area (Å²) >= 11 is 0. The van der Waals surface area contributed by atoms with Crippen LogP contribution in [0, 0.1) is 12.8 Å². The molecule has 0 radical (unpaired) electrons. The van der Waals surface area contributed by atoms with Gasteiger partial charge in [-0.3, -0.25) is 4.90 Å². The molecule has 1 aliphatic heterocycles. The van der Waals surface area contributed by atoms with Crippen LogP contribution in [0.15, 0.2) is 41.3 Å². The monoisotopic (exact) mass is 384 g/mol. The van der Waals surface area contributed by atoms with E-state index in [1.807, 2.05) is 13.0 Å². The lowest BCUT2D eigenvalue weighted by Gasteiger charge is -2.35. The highest BCUT2D eigenvalue weighted by Crippen LogP contribution is 2.28. The van der Waals surface area contributed by atoms with E-state index in [9.17, 15) is 8.42 Å². The highest BCUT2D eigenvalue weighted by Gasteiger charge is 2.33. The van der Waals surface area contributed by atoms with Crippen molar-refractivity contribution in [2.24, 2.45) is 5.92 Å². The van der Waals surface area contributed by atoms with Gasteiger partial charge in [0.25, 0.3) is 0 Å². The normalized spacial score (nSPS) is 25.3. The summed E-state index contributed by atoms with van der Waals surface area (Å²) in [5, 5.41) is 0. The molecule has 0 N–H and O–H groups in total. The van der Waals surface area contributed by atoms with Crippen molar-refractivity contribution >= 4 is 22.4 Å². The minimum atomic E-state index is -3.44. The second-order valence-corrected chi connectivity index (χ2v) is 9.31. The fourth-order valence-corrected chi connectivity index (χ4v) is 5.11. The molecular weight excluding hydrogens is 356 g/mol. The lowest BCUT2D eigenvalue weighted by Crippen LogP contribution is -2.42. The van der Waals surface area contributed by atoms with Crippen LogP contribution < -0.4 is 0 Å². The van der Waals surface area contributed by atoms with Crippen LogP contribution in [0.2, 0.25) is 0 Å². The molecule has 0 spiro atoms. The number of hydrogen-bond donors (Lipinski definition) is 0. The lowest BCUT2D eigenvalue weighted by molar-refractivity contribution is 0.153. The Balaban J connectivity index is 0.00000225. The Morgan fingerprint density at radius 2 is 1.84 bits per heavy atom. The topological polar surface area (TPSA) is 40.6 Å². The molecule has 1 fully saturated rings. The maximum absolute atomic E-state index is 12.9. The third kappa shape index (κ3) is 4.45. The van der Waals surface area contributed by atoms with E-state index in [4.69, 9.17) is 0 Å². The average Bonchev–Trinajstić information content (AvgIpc) is 3.04. The summed E-state index contributed by atoms with van der Waals surface area (Å²) in [6.07, 6.45) is 7.60. The van der Waals surface area contributed by atoms with Crippen LogP contribution in [-0.4, -0.2) is 49.8 Å². The van der Waals surface area contributed by atoms with Gasteiger partial charge in [-0.1, -0.05) is 31.2 Å². The van der Waals surface area contributed by atoms with Crippen LogP contribution in [-0.2, 0) is 10.0 Å². The molecule has 140 valence electrons. The number of aryl methyl sites for hydroxylation is 1. The number of sulfonamides is 1. The van der Waals surface area contributed by atoms with Crippen molar-refractivity contribution in [1.29, 1.82) is 0 Å². The number of likely N-dealkylation sites (tertiary alicyclic amines) is 1. The van der Waals surface area contributed by atoms with Crippen molar-refractivity contribution in [1.82, 2.24) is 9.21 Å². The van der Waals surface area contributed by atoms with Gasteiger partial charge in [0.15, 0.2) is 0 Å². The molecule has 1 aromatic rings. The molecule has 6 heteroatoms. The summed E-state index contributed by atoms with van der Waals surface area (Å²) < 4.78 is 27.3. The number of benzene rings is 1. The summed E-state index contributed by atoms with van der Waals surface area (Å²) in [6.45, 7) is 6.48. The Morgan fingerprint density at radius 3 is 2.48 bits per heavy atom. The molecular formula is C19H29ClN2O2S. The number of likely N-dealkylation sites (N-methyl/N-ethyl adjacent to an activating group) is 1. The number of nitrogens with zero attached hydrogens (tertiary/aromatic N) is 2. The second kappa shape index (κ2) is 8.21. The summed E-state index contributed by atoms with van der Waals surface area (Å²) in [4.78, 5) is 2.89. The standard InChI is InChI=1S/C19H28N2O2S.ClH/c1-15-9-11-21(12-10-15)18-8-7-17(14-18)20(3)24(22,23)19-6-4-5-16(2)13-19;/h4-8,13,15,17-18H,9-12,14H2,1-3H3;1H/t17-,18+;/m1./s1. The van der Waals surface area contributed by atoms with Crippen molar-refractivity contribution in [3.8, 4) is 0 Å². The zero-order valence-electron chi connectivity index (χ0n) is 15.3. The Bertz CT molecular complexity index is 712. The Kier molecular flexibility index (Phi) is 6.71. The van der Waals surface area contributed by atoms with Gasteiger partial charge >= 0.3 is 0 Å². The van der Waals surface area contributed by atoms with Gasteiger partial charge < -0.3 is 0 Å². The molecule has 1 saturated heterocycles. The van der Waals surface area contributed by atoms with Gasteiger partial charge in [-0.05, 0) is 62.9 Å². The molecule has 0 unspecified atom stereocenters. The average molecular weight is 385 g/mol. The zero-order valence-corrected chi connectivity index (χ0v) is 16.9. The molecule has 0 bridgehead atoms. The smallest absolute Gasteiger partial charge is 0.243 e. The van der Waals surface area contributed by atoms with E-state index in [2.05, 4.69) is 24.0 Å². The largest absolute Gasteiger partial charge is 0.297 e. The highest BCUT2D eigenvalue weighted by atomic mass is 35.5. The van der Waals surface area contributed by atoms with Gasteiger partial charge in [-0.25, -0.2) is 8.42 Å². The van der Waals surface area contributed by atoms with Gasteiger partial charge in [0.05, 0.1) is 4.90 Å². The lowest BCUT2D eigenvalue weighted by atomic mass is 9.97. The van der Waals surface area contributed by atoms with Crippen molar-refractivity contribution in [3.05, 3.63) is 42.0 Å². The van der Waals surface area contributed by atoms with E-state index < -0.39 is 10.0 Å². The molecule has 2 atom stereocenters. The van der Waals surface area contributed by atoms with Gasteiger partial charge in [-0.2, -0.15) is 4.31 Å². The van der Waals surface area contributed by atoms with Gasteiger partial charge in [-0.15, -0.1) is 12.4 Å². The zero-order chi connectivity index (χ0) is 17.3. The van der Waals surface area contributed by atoms with E-state index in [1.54, 1.807) is 25.2 Å². The Morgan fingerprint density at radius 1 is 1.16 bits per heavy atom. The molecule has 1 aromatic carbocycles. The number of piperidine rings is 1. The summed E-state index contributed by atoms with van der Waals surface area (Å²) in [7, 11) is -1.74. The number of rotatable bonds is 4. The predicted molar refractivity (Wildman–Crippen MR) is 105 cm³/mol. The third-order valence-corrected chi connectivity index (χ3v) is 7.34. The van der Waals surface area contributed by atoms with Gasteiger partial charge in [0.2, 0.25) is 10.0 Å². The van der Waals surface area contributed by atoms with Crippen LogP contribution in [0.3, 0.4) is 0 Å². The minimum Gasteiger partial charge on any atom is -0.297 e. The quantitative estimate of drug-likeness (QED) is 0.746. The van der Waals surface area contributed by atoms with E-state index in [0.29, 0.717) is 10.9 Å². The SMILES string of the molecule is Cc1cccc(S(=O)(=O)N(C)[C@@H]2C=C[C@H](N3CCC(C)CC3)C2)c1.Cl. The molecule has 0 saturated carbocycles.